The van der Waals surface area contributed by atoms with Gasteiger partial charge in [-0.2, -0.15) is 0 Å². The van der Waals surface area contributed by atoms with Gasteiger partial charge in [-0.1, -0.05) is 24.4 Å². The number of carbonyl (C=O) groups is 1. The molecule has 5 heteroatoms. The van der Waals surface area contributed by atoms with Gasteiger partial charge in [-0.25, -0.2) is 0 Å². The third kappa shape index (κ3) is 2.78. The van der Waals surface area contributed by atoms with Crippen LogP contribution in [0, 0.1) is 0 Å². The molecule has 1 aromatic carbocycles. The molecule has 0 aliphatic heterocycles. The maximum absolute atomic E-state index is 12.7. The number of nitrogens with zero attached hydrogens (tertiary/aromatic N) is 1. The molecule has 0 spiro atoms. The highest BCUT2D eigenvalue weighted by Crippen LogP contribution is 2.24. The molecule has 1 fully saturated rings. The van der Waals surface area contributed by atoms with Gasteiger partial charge in [0.15, 0.2) is 0 Å². The molecule has 4 nitrogen and oxygen atoms in total. The molecule has 1 aliphatic rings. The SMILES string of the molecule is CN(C(=O)c1cc2cc(Cl)ccc2[nH]1)[C@H]1CCCCC1N. The number of nitrogens with two attached hydrogens (primary N) is 1. The van der Waals surface area contributed by atoms with Gasteiger partial charge in [-0.3, -0.25) is 4.79 Å². The van der Waals surface area contributed by atoms with Gasteiger partial charge < -0.3 is 15.6 Å². The maximum Gasteiger partial charge on any atom is 0.270 e. The average Bonchev–Trinajstić information content (AvgIpc) is 2.89. The van der Waals surface area contributed by atoms with Gasteiger partial charge in [0.25, 0.3) is 5.91 Å². The number of rotatable bonds is 2. The number of nitrogens with one attached hydrogen (secondary N) is 1. The number of halogens is 1. The van der Waals surface area contributed by atoms with Crippen molar-refractivity contribution in [3.8, 4) is 0 Å². The van der Waals surface area contributed by atoms with Crippen molar-refractivity contribution < 1.29 is 4.79 Å². The fourth-order valence-corrected chi connectivity index (χ4v) is 3.36. The first kappa shape index (κ1) is 14.4. The van der Waals surface area contributed by atoms with E-state index in [1.165, 1.54) is 0 Å². The highest BCUT2D eigenvalue weighted by molar-refractivity contribution is 6.31. The number of benzene rings is 1. The van der Waals surface area contributed by atoms with Crippen molar-refractivity contribution in [2.45, 2.75) is 37.8 Å². The van der Waals surface area contributed by atoms with Crippen LogP contribution < -0.4 is 5.73 Å². The van der Waals surface area contributed by atoms with Crippen molar-refractivity contribution in [3.05, 3.63) is 35.0 Å². The van der Waals surface area contributed by atoms with Gasteiger partial charge >= 0.3 is 0 Å². The number of fused-ring (bicyclic) bond motifs is 1. The number of H-pyrrole nitrogens is 1. The van der Waals surface area contributed by atoms with E-state index in [0.29, 0.717) is 10.7 Å². The van der Waals surface area contributed by atoms with Crippen LogP contribution in [0.1, 0.15) is 36.2 Å². The Morgan fingerprint density at radius 3 is 2.86 bits per heavy atom. The van der Waals surface area contributed by atoms with Crippen molar-refractivity contribution in [2.24, 2.45) is 5.73 Å². The zero-order valence-electron chi connectivity index (χ0n) is 12.1. The summed E-state index contributed by atoms with van der Waals surface area (Å²) in [7, 11) is 1.84. The first-order valence-corrected chi connectivity index (χ1v) is 7.75. The highest BCUT2D eigenvalue weighted by atomic mass is 35.5. The third-order valence-electron chi connectivity index (χ3n) is 4.41. The number of aromatic nitrogens is 1. The molecule has 1 heterocycles. The van der Waals surface area contributed by atoms with Crippen LogP contribution in [0.5, 0.6) is 0 Å². The molecule has 21 heavy (non-hydrogen) atoms. The summed E-state index contributed by atoms with van der Waals surface area (Å²) in [5.74, 6) is -0.00956. The molecule has 1 aromatic heterocycles. The van der Waals surface area contributed by atoms with E-state index >= 15 is 0 Å². The van der Waals surface area contributed by atoms with Crippen LogP contribution in [0.2, 0.25) is 5.02 Å². The van der Waals surface area contributed by atoms with E-state index < -0.39 is 0 Å². The lowest BCUT2D eigenvalue weighted by molar-refractivity contribution is 0.0667. The number of amides is 1. The molecular formula is C16H20ClN3O. The summed E-state index contributed by atoms with van der Waals surface area (Å²) in [6.07, 6.45) is 4.27. The van der Waals surface area contributed by atoms with Crippen molar-refractivity contribution in [1.82, 2.24) is 9.88 Å². The smallest absolute Gasteiger partial charge is 0.270 e. The van der Waals surface area contributed by atoms with Crippen LogP contribution in [0.15, 0.2) is 24.3 Å². The maximum atomic E-state index is 12.7. The molecule has 0 bridgehead atoms. The Hall–Kier alpha value is -1.52. The lowest BCUT2D eigenvalue weighted by atomic mass is 9.90. The van der Waals surface area contributed by atoms with Crippen molar-refractivity contribution in [2.75, 3.05) is 7.05 Å². The normalized spacial score (nSPS) is 22.4. The molecule has 2 aromatic rings. The third-order valence-corrected chi connectivity index (χ3v) is 4.65. The zero-order valence-corrected chi connectivity index (χ0v) is 12.9. The topological polar surface area (TPSA) is 62.1 Å². The summed E-state index contributed by atoms with van der Waals surface area (Å²) in [5.41, 5.74) is 7.68. The zero-order chi connectivity index (χ0) is 15.0. The summed E-state index contributed by atoms with van der Waals surface area (Å²) in [6.45, 7) is 0. The van der Waals surface area contributed by atoms with Gasteiger partial charge in [0, 0.05) is 35.1 Å². The first-order valence-electron chi connectivity index (χ1n) is 7.37. The Morgan fingerprint density at radius 1 is 1.33 bits per heavy atom. The summed E-state index contributed by atoms with van der Waals surface area (Å²) < 4.78 is 0. The predicted molar refractivity (Wildman–Crippen MR) is 85.6 cm³/mol. The Bertz CT molecular complexity index is 667. The minimum absolute atomic E-state index is 0.00956. The molecule has 0 saturated heterocycles. The Labute approximate surface area is 129 Å². The number of likely N-dealkylation sites (N-methyl/N-ethyl adjacent to an activating group) is 1. The summed E-state index contributed by atoms with van der Waals surface area (Å²) >= 11 is 5.99. The number of hydrogen-bond donors (Lipinski definition) is 2. The van der Waals surface area contributed by atoms with E-state index in [4.69, 9.17) is 17.3 Å². The molecular weight excluding hydrogens is 286 g/mol. The van der Waals surface area contributed by atoms with Gasteiger partial charge in [-0.15, -0.1) is 0 Å². The van der Waals surface area contributed by atoms with Crippen LogP contribution in [0.3, 0.4) is 0 Å². The molecule has 0 radical (unpaired) electrons. The van der Waals surface area contributed by atoms with Crippen molar-refractivity contribution in [3.63, 3.8) is 0 Å². The summed E-state index contributed by atoms with van der Waals surface area (Å²) in [4.78, 5) is 17.6. The average molecular weight is 306 g/mol. The van der Waals surface area contributed by atoms with Gasteiger partial charge in [0.2, 0.25) is 0 Å². The van der Waals surface area contributed by atoms with Crippen LogP contribution in [0.4, 0.5) is 0 Å². The predicted octanol–water partition coefficient (Wildman–Crippen LogP) is 3.16. The van der Waals surface area contributed by atoms with Crippen molar-refractivity contribution in [1.29, 1.82) is 0 Å². The molecule has 1 saturated carbocycles. The van der Waals surface area contributed by atoms with E-state index in [2.05, 4.69) is 4.98 Å². The molecule has 3 N–H and O–H groups in total. The van der Waals surface area contributed by atoms with Gasteiger partial charge in [0.1, 0.15) is 5.69 Å². The molecule has 1 unspecified atom stereocenters. The van der Waals surface area contributed by atoms with Crippen LogP contribution >= 0.6 is 11.6 Å². The monoisotopic (exact) mass is 305 g/mol. The lowest BCUT2D eigenvalue weighted by Crippen LogP contribution is -2.50. The quantitative estimate of drug-likeness (QED) is 0.895. The Kier molecular flexibility index (Phi) is 3.91. The second kappa shape index (κ2) is 5.70. The molecule has 112 valence electrons. The highest BCUT2D eigenvalue weighted by Gasteiger charge is 2.29. The molecule has 2 atom stereocenters. The van der Waals surface area contributed by atoms with E-state index in [1.807, 2.05) is 31.3 Å². The molecule has 3 rings (SSSR count). The lowest BCUT2D eigenvalue weighted by Gasteiger charge is -2.35. The number of carbonyl (C=O) groups excluding carboxylic acids is 1. The van der Waals surface area contributed by atoms with E-state index in [-0.39, 0.29) is 18.0 Å². The minimum atomic E-state index is -0.00956. The van der Waals surface area contributed by atoms with Crippen LogP contribution in [-0.4, -0.2) is 34.9 Å². The van der Waals surface area contributed by atoms with Gasteiger partial charge in [0.05, 0.1) is 0 Å². The largest absolute Gasteiger partial charge is 0.351 e. The van der Waals surface area contributed by atoms with Crippen LogP contribution in [-0.2, 0) is 0 Å². The van der Waals surface area contributed by atoms with E-state index in [1.54, 1.807) is 4.90 Å². The Morgan fingerprint density at radius 2 is 2.10 bits per heavy atom. The number of aromatic amines is 1. The van der Waals surface area contributed by atoms with Crippen molar-refractivity contribution >= 4 is 28.4 Å². The molecule has 1 amide bonds. The molecule has 1 aliphatic carbocycles. The fourth-order valence-electron chi connectivity index (χ4n) is 3.18. The second-order valence-electron chi connectivity index (χ2n) is 5.85. The second-order valence-corrected chi connectivity index (χ2v) is 6.28. The minimum Gasteiger partial charge on any atom is -0.351 e. The summed E-state index contributed by atoms with van der Waals surface area (Å²) in [6, 6.07) is 7.62. The van der Waals surface area contributed by atoms with E-state index in [0.717, 1.165) is 36.6 Å². The number of hydrogen-bond acceptors (Lipinski definition) is 2. The standard InChI is InChI=1S/C16H20ClN3O/c1-20(15-5-3-2-4-12(15)18)16(21)14-9-10-8-11(17)6-7-13(10)19-14/h6-9,12,15,19H,2-5,18H2,1H3/t12?,15-/m0/s1. The van der Waals surface area contributed by atoms with Gasteiger partial charge in [-0.05, 0) is 37.1 Å². The Balaban J connectivity index is 1.85. The van der Waals surface area contributed by atoms with E-state index in [9.17, 15) is 4.79 Å². The fraction of sp³-hybridized carbons (Fsp3) is 0.438. The first-order chi connectivity index (χ1) is 10.1. The van der Waals surface area contributed by atoms with Crippen LogP contribution in [0.25, 0.3) is 10.9 Å². The summed E-state index contributed by atoms with van der Waals surface area (Å²) in [5, 5.41) is 1.62.